The molecule has 626 valence electrons. The van der Waals surface area contributed by atoms with Gasteiger partial charge in [0.05, 0.1) is 64.5 Å². The van der Waals surface area contributed by atoms with E-state index in [4.69, 9.17) is 33.6 Å². The molecule has 3 atom stereocenters. The Morgan fingerprint density at radius 2 is 0.835 bits per heavy atom. The highest BCUT2D eigenvalue weighted by atomic mass is 32.1. The fourth-order valence-electron chi connectivity index (χ4n) is 16.1. The standard InChI is InChI=1S/C31H37N7O3.C30H33N7O3.C30H33N7O2S/c1-20-17-33-31(34-23-9-8-22(32-18-23)16-21(2)39)36-29(20)26-11-10-25-24(26)6-5-7-27(25)35-30(40)28(19-41-4)38-14-12-37(3)13-15-38;2*1-19-16-31-30(33-20-7-10-25-27(15-20)40-18-32-25)35-28(19)23-9-8-22-21(23)5-4-6-24(22)34-29(38)26(17-39-3)37-13-11-36(2)12-14-37/h5-9,11,17-18,28H,10,12-16,19H2,1-4H3,(H,35,40)(H,33,34,36);2*4-7,9-10,15-16,18,26H,8,11-14,17H2,1-3H3,(H,34,38)(H,31,33,35)/t28-;2*26-/m111/s1. The lowest BCUT2D eigenvalue weighted by atomic mass is 9.99. The molecule has 6 N–H and O–H groups in total. The lowest BCUT2D eigenvalue weighted by Gasteiger charge is -2.36. The van der Waals surface area contributed by atoms with E-state index in [0.29, 0.717) is 62.5 Å². The van der Waals surface area contributed by atoms with E-state index in [-0.39, 0.29) is 41.6 Å². The molecule has 0 unspecified atom stereocenters. The van der Waals surface area contributed by atoms with Crippen molar-refractivity contribution in [3.8, 4) is 0 Å². The summed E-state index contributed by atoms with van der Waals surface area (Å²) in [5.41, 5.74) is 25.1. The fourth-order valence-corrected chi connectivity index (χ4v) is 16.9. The number of fused-ring (bicyclic) bond motifs is 5. The first kappa shape index (κ1) is 84.2. The lowest BCUT2D eigenvalue weighted by Crippen LogP contribution is -2.54. The van der Waals surface area contributed by atoms with Crippen molar-refractivity contribution in [3.63, 3.8) is 0 Å². The predicted molar refractivity (Wildman–Crippen MR) is 474 cm³/mol. The van der Waals surface area contributed by atoms with Crippen molar-refractivity contribution in [2.45, 2.75) is 71.5 Å². The van der Waals surface area contributed by atoms with Gasteiger partial charge >= 0.3 is 0 Å². The van der Waals surface area contributed by atoms with Crippen molar-refractivity contribution in [3.05, 3.63) is 231 Å². The first-order valence-electron chi connectivity index (χ1n) is 40.9. The van der Waals surface area contributed by atoms with E-state index in [9.17, 15) is 19.2 Å². The molecule has 3 fully saturated rings. The molecule has 5 aromatic carbocycles. The molecule has 3 amide bonds. The number of aryl methyl sites for hydroxylation is 3. The molecule has 29 nitrogen and oxygen atoms in total. The molecule has 0 spiro atoms. The second-order valence-electron chi connectivity index (χ2n) is 31.4. The number of carbonyl (C=O) groups excluding carboxylic acids is 4. The minimum Gasteiger partial charge on any atom is -0.443 e. The van der Waals surface area contributed by atoms with E-state index < -0.39 is 0 Å². The number of hydrogen-bond donors (Lipinski definition) is 6. The van der Waals surface area contributed by atoms with E-state index in [1.165, 1.54) is 6.39 Å². The largest absolute Gasteiger partial charge is 0.443 e. The van der Waals surface area contributed by atoms with Crippen LogP contribution in [0.2, 0.25) is 0 Å². The summed E-state index contributed by atoms with van der Waals surface area (Å²) in [6.45, 7) is 19.3. The van der Waals surface area contributed by atoms with E-state index >= 15 is 0 Å². The van der Waals surface area contributed by atoms with Crippen LogP contribution in [0.4, 0.5) is 52.0 Å². The predicted octanol–water partition coefficient (Wildman–Crippen LogP) is 11.4. The number of carbonyl (C=O) groups is 4. The van der Waals surface area contributed by atoms with Crippen LogP contribution >= 0.6 is 11.3 Å². The van der Waals surface area contributed by atoms with Crippen LogP contribution in [-0.2, 0) is 59.1 Å². The Balaban J connectivity index is 0.000000141. The molecule has 6 aromatic heterocycles. The molecule has 30 heteroatoms. The highest BCUT2D eigenvalue weighted by Crippen LogP contribution is 2.42. The zero-order valence-corrected chi connectivity index (χ0v) is 70.9. The maximum Gasteiger partial charge on any atom is 0.244 e. The van der Waals surface area contributed by atoms with Crippen LogP contribution in [0.1, 0.15) is 79.8 Å². The number of nitrogens with one attached hydrogen (secondary N) is 6. The van der Waals surface area contributed by atoms with Crippen LogP contribution in [-0.4, -0.2) is 257 Å². The molecule has 9 heterocycles. The van der Waals surface area contributed by atoms with Gasteiger partial charge in [0, 0.05) is 182 Å². The monoisotopic (exact) mass is 1650 g/mol. The minimum atomic E-state index is -0.345. The number of oxazole rings is 1. The number of anilines is 9. The Labute approximate surface area is 708 Å². The zero-order chi connectivity index (χ0) is 84.2. The Morgan fingerprint density at radius 1 is 0.446 bits per heavy atom. The third-order valence-electron chi connectivity index (χ3n) is 22.9. The van der Waals surface area contributed by atoms with Crippen molar-refractivity contribution in [1.29, 1.82) is 0 Å². The maximum absolute atomic E-state index is 13.5. The van der Waals surface area contributed by atoms with Gasteiger partial charge in [-0.05, 0) is 179 Å². The van der Waals surface area contributed by atoms with Crippen molar-refractivity contribution < 1.29 is 37.8 Å². The second-order valence-corrected chi connectivity index (χ2v) is 32.3. The van der Waals surface area contributed by atoms with E-state index in [2.05, 4.69) is 155 Å². The number of allylic oxidation sites excluding steroid dienone is 3. The summed E-state index contributed by atoms with van der Waals surface area (Å²) in [6, 6.07) is 32.6. The molecule has 0 saturated carbocycles. The molecular weight excluding hydrogens is 1550 g/mol. The number of piperazine rings is 3. The number of likely N-dealkylation sites (N-methyl/N-ethyl adjacent to an activating group) is 3. The average Bonchev–Trinajstić information content (AvgIpc) is 1.65. The molecule has 3 aliphatic heterocycles. The molecular formula is C91H103N21O8S. The van der Waals surface area contributed by atoms with Crippen molar-refractivity contribution in [1.82, 2.24) is 74.3 Å². The number of aromatic nitrogens is 9. The molecule has 6 aliphatic rings. The van der Waals surface area contributed by atoms with Gasteiger partial charge in [-0.2, -0.15) is 0 Å². The number of ether oxygens (including phenoxy) is 3. The van der Waals surface area contributed by atoms with Crippen LogP contribution in [0.5, 0.6) is 0 Å². The third kappa shape index (κ3) is 20.0. The number of ketones is 1. The molecule has 17 rings (SSSR count). The molecule has 3 saturated heterocycles. The number of Topliss-reactive ketones (excluding diaryl/α,β-unsaturated/α-hetero) is 1. The number of methoxy groups -OCH3 is 3. The summed E-state index contributed by atoms with van der Waals surface area (Å²) < 4.78 is 22.9. The second kappa shape index (κ2) is 38.7. The molecule has 11 aromatic rings. The van der Waals surface area contributed by atoms with Crippen LogP contribution in [0, 0.1) is 20.8 Å². The van der Waals surface area contributed by atoms with Crippen LogP contribution in [0.25, 0.3) is 38.0 Å². The van der Waals surface area contributed by atoms with E-state index in [1.807, 2.05) is 118 Å². The zero-order valence-electron chi connectivity index (χ0n) is 70.1. The number of rotatable bonds is 26. The van der Waals surface area contributed by atoms with Gasteiger partial charge in [-0.15, -0.1) is 11.3 Å². The smallest absolute Gasteiger partial charge is 0.244 e. The van der Waals surface area contributed by atoms with Crippen molar-refractivity contribution in [2.75, 3.05) is 173 Å². The van der Waals surface area contributed by atoms with Gasteiger partial charge in [0.1, 0.15) is 29.4 Å². The SMILES string of the molecule is COC[C@H](C(=O)Nc1cccc2c1CC=C2c1nc(Nc2ccc(CC(C)=O)nc2)ncc1C)N1CCN(C)CC1.COC[C@H](C(=O)Nc1cccc2c1CC=C2c1nc(Nc2ccc3ncoc3c2)ncc1C)N1CCN(C)CC1.COC[C@H](C(=O)Nc1cccc2c1CC=C2c1nc(Nc2ccc3ncsc3c2)ncc1C)N1CCN(C)CC1. The molecule has 121 heavy (non-hydrogen) atoms. The number of thiazole rings is 1. The van der Waals surface area contributed by atoms with Gasteiger partial charge < -0.3 is 65.2 Å². The third-order valence-corrected chi connectivity index (χ3v) is 23.7. The first-order chi connectivity index (χ1) is 58.8. The van der Waals surface area contributed by atoms with Crippen molar-refractivity contribution >= 4 is 125 Å². The summed E-state index contributed by atoms with van der Waals surface area (Å²) in [5.74, 6) is 1.44. The molecule has 3 aliphatic carbocycles. The van der Waals surface area contributed by atoms with Crippen LogP contribution in [0.3, 0.4) is 0 Å². The Kier molecular flexibility index (Phi) is 26.9. The number of hydrogen-bond acceptors (Lipinski definition) is 27. The highest BCUT2D eigenvalue weighted by molar-refractivity contribution is 7.16. The van der Waals surface area contributed by atoms with Gasteiger partial charge in [0.2, 0.25) is 35.6 Å². The Morgan fingerprint density at radius 3 is 1.22 bits per heavy atom. The summed E-state index contributed by atoms with van der Waals surface area (Å²) in [6.07, 6.45) is 17.5. The number of benzene rings is 5. The van der Waals surface area contributed by atoms with E-state index in [0.717, 1.165) is 224 Å². The van der Waals surface area contributed by atoms with Gasteiger partial charge in [-0.25, -0.2) is 39.9 Å². The van der Waals surface area contributed by atoms with Crippen molar-refractivity contribution in [2.24, 2.45) is 0 Å². The summed E-state index contributed by atoms with van der Waals surface area (Å²) >= 11 is 1.61. The molecule has 0 bridgehead atoms. The number of amides is 3. The van der Waals surface area contributed by atoms with Gasteiger partial charge in [0.25, 0.3) is 0 Å². The Hall–Kier alpha value is -11.8. The van der Waals surface area contributed by atoms with Gasteiger partial charge in [-0.1, -0.05) is 54.6 Å². The van der Waals surface area contributed by atoms with Gasteiger partial charge in [-0.3, -0.25) is 38.9 Å². The first-order valence-corrected chi connectivity index (χ1v) is 41.8. The van der Waals surface area contributed by atoms with E-state index in [1.54, 1.807) is 52.0 Å². The number of pyridine rings is 1. The molecule has 0 radical (unpaired) electrons. The van der Waals surface area contributed by atoms with Crippen LogP contribution < -0.4 is 31.9 Å². The Bertz CT molecular complexity index is 5460. The topological polar surface area (TPSA) is 317 Å². The minimum absolute atomic E-state index is 0.0316. The summed E-state index contributed by atoms with van der Waals surface area (Å²) in [5, 5.41) is 19.5. The average molecular weight is 1650 g/mol. The summed E-state index contributed by atoms with van der Waals surface area (Å²) in [4.78, 5) is 106. The maximum atomic E-state index is 13.5. The summed E-state index contributed by atoms with van der Waals surface area (Å²) in [7, 11) is 11.3. The van der Waals surface area contributed by atoms with Crippen LogP contribution in [0.15, 0.2) is 162 Å². The normalized spacial score (nSPS) is 16.4. The van der Waals surface area contributed by atoms with Gasteiger partial charge in [0.15, 0.2) is 12.0 Å². The number of nitrogens with zero attached hydrogens (tertiary/aromatic N) is 15. The highest BCUT2D eigenvalue weighted by Gasteiger charge is 2.35. The fraction of sp³-hybridized carbons (Fsp3) is 0.352. The quantitative estimate of drug-likeness (QED) is 0.0293. The lowest BCUT2D eigenvalue weighted by molar-refractivity contribution is -0.124.